The second-order valence-corrected chi connectivity index (χ2v) is 7.26. The maximum absolute atomic E-state index is 14.8. The van der Waals surface area contributed by atoms with E-state index in [0.29, 0.717) is 0 Å². The van der Waals surface area contributed by atoms with Crippen LogP contribution in [0.1, 0.15) is 11.9 Å². The van der Waals surface area contributed by atoms with E-state index < -0.39 is 36.2 Å². The number of aliphatic hydroxyl groups is 1. The smallest absolute Gasteiger partial charge is 0.184 e. The van der Waals surface area contributed by atoms with Crippen LogP contribution >= 0.6 is 11.8 Å². The Kier molecular flexibility index (Phi) is 5.05. The van der Waals surface area contributed by atoms with E-state index in [-0.39, 0.29) is 6.61 Å². The van der Waals surface area contributed by atoms with Crippen molar-refractivity contribution in [2.24, 2.45) is 0 Å². The van der Waals surface area contributed by atoms with Crippen molar-refractivity contribution in [3.05, 3.63) is 66.2 Å². The number of benzene rings is 2. The summed E-state index contributed by atoms with van der Waals surface area (Å²) in [4.78, 5) is 0.914. The van der Waals surface area contributed by atoms with Gasteiger partial charge in [-0.25, -0.2) is 4.39 Å². The van der Waals surface area contributed by atoms with Crippen LogP contribution in [-0.4, -0.2) is 41.6 Å². The van der Waals surface area contributed by atoms with Gasteiger partial charge in [0.05, 0.1) is 6.61 Å². The van der Waals surface area contributed by atoms with Gasteiger partial charge >= 0.3 is 0 Å². The molecule has 1 N–H and O–H groups in total. The molecule has 0 bridgehead atoms. The molecule has 25 heavy (non-hydrogen) atoms. The average Bonchev–Trinajstić information content (AvgIpc) is 2.67. The summed E-state index contributed by atoms with van der Waals surface area (Å²) in [5, 5.41) is 10.4. The van der Waals surface area contributed by atoms with Crippen LogP contribution in [0.5, 0.6) is 0 Å². The predicted octanol–water partition coefficient (Wildman–Crippen LogP) is 3.32. The molecule has 0 aliphatic carbocycles. The molecule has 132 valence electrons. The highest BCUT2D eigenvalue weighted by molar-refractivity contribution is 7.99. The van der Waals surface area contributed by atoms with Gasteiger partial charge in [0.2, 0.25) is 0 Å². The van der Waals surface area contributed by atoms with Gasteiger partial charge in [-0.1, -0.05) is 60.3 Å². The summed E-state index contributed by atoms with van der Waals surface area (Å²) in [5.41, 5.74) is 0.127. The quantitative estimate of drug-likeness (QED) is 0.908. The molecule has 0 radical (unpaired) electrons. The number of ether oxygens (including phenoxy) is 3. The molecular formula is C19H19FO4S. The minimum absolute atomic E-state index is 0.225. The van der Waals surface area contributed by atoms with E-state index in [4.69, 9.17) is 14.2 Å². The summed E-state index contributed by atoms with van der Waals surface area (Å²) in [5.74, 6) is 0. The zero-order valence-corrected chi connectivity index (χ0v) is 14.2. The first kappa shape index (κ1) is 17.0. The molecule has 2 saturated heterocycles. The molecular weight excluding hydrogens is 343 g/mol. The topological polar surface area (TPSA) is 47.9 Å². The van der Waals surface area contributed by atoms with Gasteiger partial charge < -0.3 is 19.3 Å². The number of halogens is 1. The summed E-state index contributed by atoms with van der Waals surface area (Å²) in [7, 11) is 0. The number of thioether (sulfide) groups is 1. The molecule has 2 aliphatic rings. The lowest BCUT2D eigenvalue weighted by molar-refractivity contribution is -0.309. The highest BCUT2D eigenvalue weighted by atomic mass is 32.2. The van der Waals surface area contributed by atoms with Gasteiger partial charge in [0, 0.05) is 10.5 Å². The van der Waals surface area contributed by atoms with E-state index in [1.165, 1.54) is 11.8 Å². The standard InChI is InChI=1S/C19H19FO4S/c20-15-16(21)19(25-13-9-5-2-6-10-13)23-14-11-22-18(24-17(14)15)12-7-3-1-4-8-12/h1-10,14-19,21H,11H2/t14-,15-,16-,17-,18-,19+/m1/s1. The Bertz CT molecular complexity index is 684. The van der Waals surface area contributed by atoms with Gasteiger partial charge in [0.25, 0.3) is 0 Å². The second-order valence-electron chi connectivity index (χ2n) is 6.09. The van der Waals surface area contributed by atoms with Crippen molar-refractivity contribution in [2.45, 2.75) is 41.1 Å². The van der Waals surface area contributed by atoms with Crippen LogP contribution in [0.15, 0.2) is 65.6 Å². The minimum atomic E-state index is -1.53. The van der Waals surface area contributed by atoms with E-state index in [0.717, 1.165) is 10.5 Å². The van der Waals surface area contributed by atoms with E-state index in [1.807, 2.05) is 60.7 Å². The predicted molar refractivity (Wildman–Crippen MR) is 91.9 cm³/mol. The molecule has 0 spiro atoms. The highest BCUT2D eigenvalue weighted by Gasteiger charge is 2.50. The average molecular weight is 362 g/mol. The van der Waals surface area contributed by atoms with Crippen molar-refractivity contribution >= 4 is 11.8 Å². The van der Waals surface area contributed by atoms with Crippen molar-refractivity contribution in [3.63, 3.8) is 0 Å². The molecule has 4 rings (SSSR count). The van der Waals surface area contributed by atoms with Gasteiger partial charge in [-0.2, -0.15) is 0 Å². The Labute approximate surface area is 149 Å². The van der Waals surface area contributed by atoms with E-state index in [2.05, 4.69) is 0 Å². The molecule has 0 saturated carbocycles. The maximum Gasteiger partial charge on any atom is 0.184 e. The molecule has 2 heterocycles. The summed E-state index contributed by atoms with van der Waals surface area (Å²) in [6, 6.07) is 18.9. The summed E-state index contributed by atoms with van der Waals surface area (Å²) >= 11 is 1.31. The van der Waals surface area contributed by atoms with Gasteiger partial charge in [-0.3, -0.25) is 0 Å². The van der Waals surface area contributed by atoms with Crippen LogP contribution in [-0.2, 0) is 14.2 Å². The molecule has 4 nitrogen and oxygen atoms in total. The SMILES string of the molecule is O[C@@H]1[C@@H](F)[C@@H]2O[C@H](c3ccccc3)OC[C@H]2O[C@H]1Sc1ccccc1. The minimum Gasteiger partial charge on any atom is -0.386 e. The maximum atomic E-state index is 14.8. The van der Waals surface area contributed by atoms with E-state index >= 15 is 0 Å². The third-order valence-corrected chi connectivity index (χ3v) is 5.52. The van der Waals surface area contributed by atoms with Crippen molar-refractivity contribution in [2.75, 3.05) is 6.61 Å². The van der Waals surface area contributed by atoms with E-state index in [9.17, 15) is 9.50 Å². The molecule has 0 unspecified atom stereocenters. The largest absolute Gasteiger partial charge is 0.386 e. The second kappa shape index (κ2) is 7.43. The molecule has 2 aliphatic heterocycles. The highest BCUT2D eigenvalue weighted by Crippen LogP contribution is 2.39. The number of alkyl halides is 1. The van der Waals surface area contributed by atoms with Gasteiger partial charge in [0.1, 0.15) is 23.7 Å². The fraction of sp³-hybridized carbons (Fsp3) is 0.368. The number of fused-ring (bicyclic) bond motifs is 1. The molecule has 2 aromatic carbocycles. The van der Waals surface area contributed by atoms with E-state index in [1.54, 1.807) is 0 Å². The van der Waals surface area contributed by atoms with Crippen LogP contribution in [0.4, 0.5) is 4.39 Å². The Morgan fingerprint density at radius 1 is 0.960 bits per heavy atom. The Morgan fingerprint density at radius 3 is 2.36 bits per heavy atom. The van der Waals surface area contributed by atoms with Crippen molar-refractivity contribution in [1.82, 2.24) is 0 Å². The van der Waals surface area contributed by atoms with Gasteiger partial charge in [-0.15, -0.1) is 0 Å². The van der Waals surface area contributed by atoms with Gasteiger partial charge in [-0.05, 0) is 12.1 Å². The summed E-state index contributed by atoms with van der Waals surface area (Å²) in [6.07, 6.45) is -4.83. The number of hydrogen-bond acceptors (Lipinski definition) is 5. The Balaban J connectivity index is 1.46. The van der Waals surface area contributed by atoms with Crippen LogP contribution < -0.4 is 0 Å². The Hall–Kier alpha value is -1.44. The number of rotatable bonds is 3. The third-order valence-electron chi connectivity index (χ3n) is 4.35. The first-order chi connectivity index (χ1) is 12.2. The van der Waals surface area contributed by atoms with Gasteiger partial charge in [0.15, 0.2) is 12.5 Å². The van der Waals surface area contributed by atoms with Crippen molar-refractivity contribution in [3.8, 4) is 0 Å². The number of hydrogen-bond donors (Lipinski definition) is 1. The summed E-state index contributed by atoms with van der Waals surface area (Å²) < 4.78 is 32.2. The molecule has 2 aromatic rings. The molecule has 0 amide bonds. The summed E-state index contributed by atoms with van der Waals surface area (Å²) in [6.45, 7) is 0.225. The van der Waals surface area contributed by atoms with Crippen LogP contribution in [0.25, 0.3) is 0 Å². The third kappa shape index (κ3) is 3.59. The molecule has 2 fully saturated rings. The fourth-order valence-electron chi connectivity index (χ4n) is 3.06. The normalized spacial score (nSPS) is 35.1. The van der Waals surface area contributed by atoms with Crippen LogP contribution in [0, 0.1) is 0 Å². The Morgan fingerprint density at radius 2 is 1.64 bits per heavy atom. The van der Waals surface area contributed by atoms with Crippen LogP contribution in [0.2, 0.25) is 0 Å². The lowest BCUT2D eigenvalue weighted by Gasteiger charge is -2.45. The molecule has 6 atom stereocenters. The van der Waals surface area contributed by atoms with Crippen molar-refractivity contribution in [1.29, 1.82) is 0 Å². The van der Waals surface area contributed by atoms with Crippen molar-refractivity contribution < 1.29 is 23.7 Å². The molecule has 0 aromatic heterocycles. The zero-order chi connectivity index (χ0) is 17.2. The van der Waals surface area contributed by atoms with Crippen LogP contribution in [0.3, 0.4) is 0 Å². The lowest BCUT2D eigenvalue weighted by Crippen LogP contribution is -2.59. The monoisotopic (exact) mass is 362 g/mol. The first-order valence-corrected chi connectivity index (χ1v) is 9.11. The molecule has 6 heteroatoms. The fourth-order valence-corrected chi connectivity index (χ4v) is 4.13. The number of aliphatic hydroxyl groups excluding tert-OH is 1. The zero-order valence-electron chi connectivity index (χ0n) is 13.4. The lowest BCUT2D eigenvalue weighted by atomic mass is 10.00. The first-order valence-electron chi connectivity index (χ1n) is 8.24.